The molecule has 0 aliphatic heterocycles. The minimum absolute atomic E-state index is 0.205. The number of rotatable bonds is 6. The van der Waals surface area contributed by atoms with Crippen LogP contribution in [0.2, 0.25) is 0 Å². The fourth-order valence-corrected chi connectivity index (χ4v) is 3.79. The van der Waals surface area contributed by atoms with E-state index in [0.717, 1.165) is 11.1 Å². The summed E-state index contributed by atoms with van der Waals surface area (Å²) in [5, 5.41) is 0. The summed E-state index contributed by atoms with van der Waals surface area (Å²) >= 11 is 0. The van der Waals surface area contributed by atoms with Crippen molar-refractivity contribution in [2.75, 3.05) is 0 Å². The molecule has 29 heavy (non-hydrogen) atoms. The predicted molar refractivity (Wildman–Crippen MR) is 114 cm³/mol. The van der Waals surface area contributed by atoms with E-state index >= 15 is 0 Å². The van der Waals surface area contributed by atoms with Crippen LogP contribution in [0, 0.1) is 0 Å². The van der Waals surface area contributed by atoms with Crippen LogP contribution in [0.5, 0.6) is 11.5 Å². The maximum absolute atomic E-state index is 12.7. The van der Waals surface area contributed by atoms with Crippen molar-refractivity contribution in [2.24, 2.45) is 0 Å². The lowest BCUT2D eigenvalue weighted by Gasteiger charge is -2.14. The Morgan fingerprint density at radius 1 is 0.448 bits per heavy atom. The predicted octanol–water partition coefficient (Wildman–Crippen LogP) is 5.72. The Bertz CT molecular complexity index is 1110. The van der Waals surface area contributed by atoms with Gasteiger partial charge >= 0.3 is 10.4 Å². The molecule has 0 saturated carbocycles. The molecular weight excluding hydrogens is 384 g/mol. The fourth-order valence-electron chi connectivity index (χ4n) is 3.03. The summed E-state index contributed by atoms with van der Waals surface area (Å²) in [5.74, 6) is 0.409. The third-order valence-electron chi connectivity index (χ3n) is 4.33. The summed E-state index contributed by atoms with van der Waals surface area (Å²) in [7, 11) is -4.35. The van der Waals surface area contributed by atoms with Gasteiger partial charge in [-0.2, -0.15) is 0 Å². The molecule has 0 amide bonds. The Morgan fingerprint density at radius 2 is 0.793 bits per heavy atom. The lowest BCUT2D eigenvalue weighted by Crippen LogP contribution is -2.17. The van der Waals surface area contributed by atoms with Crippen LogP contribution in [0.1, 0.15) is 0 Å². The van der Waals surface area contributed by atoms with Crippen molar-refractivity contribution in [2.45, 2.75) is 0 Å². The van der Waals surface area contributed by atoms with E-state index in [4.69, 9.17) is 8.37 Å². The third kappa shape index (κ3) is 4.47. The van der Waals surface area contributed by atoms with Crippen LogP contribution in [0.3, 0.4) is 0 Å². The van der Waals surface area contributed by atoms with Gasteiger partial charge in [0.05, 0.1) is 0 Å². The Hall–Kier alpha value is -3.57. The Morgan fingerprint density at radius 3 is 1.21 bits per heavy atom. The molecular formula is C24H18O4S. The first kappa shape index (κ1) is 18.8. The summed E-state index contributed by atoms with van der Waals surface area (Å²) in [6.07, 6.45) is 0. The van der Waals surface area contributed by atoms with Crippen molar-refractivity contribution >= 4 is 10.4 Å². The van der Waals surface area contributed by atoms with Crippen molar-refractivity contribution in [3.8, 4) is 33.8 Å². The van der Waals surface area contributed by atoms with Crippen molar-refractivity contribution in [1.82, 2.24) is 0 Å². The summed E-state index contributed by atoms with van der Waals surface area (Å²) in [6.45, 7) is 0. The van der Waals surface area contributed by atoms with E-state index in [-0.39, 0.29) is 11.5 Å². The van der Waals surface area contributed by atoms with Gasteiger partial charge in [-0.15, -0.1) is 8.42 Å². The van der Waals surface area contributed by atoms with Gasteiger partial charge in [0.2, 0.25) is 0 Å². The highest BCUT2D eigenvalue weighted by Gasteiger charge is 2.20. The zero-order valence-electron chi connectivity index (χ0n) is 15.4. The minimum Gasteiger partial charge on any atom is -0.352 e. The van der Waals surface area contributed by atoms with Gasteiger partial charge in [0.25, 0.3) is 0 Å². The first-order chi connectivity index (χ1) is 14.1. The molecule has 0 saturated heterocycles. The zero-order valence-corrected chi connectivity index (χ0v) is 16.3. The molecule has 0 spiro atoms. The van der Waals surface area contributed by atoms with E-state index in [1.165, 1.54) is 0 Å². The molecule has 4 rings (SSSR count). The highest BCUT2D eigenvalue weighted by molar-refractivity contribution is 7.82. The molecule has 0 bridgehead atoms. The molecule has 0 radical (unpaired) electrons. The first-order valence-electron chi connectivity index (χ1n) is 9.05. The van der Waals surface area contributed by atoms with Gasteiger partial charge in [0.15, 0.2) is 11.5 Å². The van der Waals surface area contributed by atoms with Crippen LogP contribution >= 0.6 is 0 Å². The lowest BCUT2D eigenvalue weighted by atomic mass is 10.1. The minimum atomic E-state index is -4.35. The quantitative estimate of drug-likeness (QED) is 0.414. The third-order valence-corrected chi connectivity index (χ3v) is 5.09. The largest absolute Gasteiger partial charge is 0.501 e. The molecule has 0 aromatic heterocycles. The Balaban J connectivity index is 1.65. The lowest BCUT2D eigenvalue weighted by molar-refractivity contribution is 0.393. The zero-order chi connectivity index (χ0) is 20.1. The first-order valence-corrected chi connectivity index (χ1v) is 10.4. The van der Waals surface area contributed by atoms with Gasteiger partial charge in [-0.05, 0) is 23.3 Å². The van der Waals surface area contributed by atoms with E-state index in [2.05, 4.69) is 0 Å². The van der Waals surface area contributed by atoms with Gasteiger partial charge < -0.3 is 8.37 Å². The molecule has 144 valence electrons. The second-order valence-electron chi connectivity index (χ2n) is 6.30. The van der Waals surface area contributed by atoms with Crippen molar-refractivity contribution < 1.29 is 16.8 Å². The highest BCUT2D eigenvalue weighted by Crippen LogP contribution is 2.33. The highest BCUT2D eigenvalue weighted by atomic mass is 32.3. The SMILES string of the molecule is O=S(=O)(Oc1ccccc1-c1ccccc1)Oc1ccccc1-c1ccccc1. The smallest absolute Gasteiger partial charge is 0.352 e. The summed E-state index contributed by atoms with van der Waals surface area (Å²) in [4.78, 5) is 0. The molecule has 4 nitrogen and oxygen atoms in total. The standard InChI is InChI=1S/C24H18O4S/c25-29(26,27-23-17-9-7-15-21(23)19-11-3-1-4-12-19)28-24-18-10-8-16-22(24)20-13-5-2-6-14-20/h1-18H. The number of hydrogen-bond acceptors (Lipinski definition) is 4. The van der Waals surface area contributed by atoms with E-state index in [1.54, 1.807) is 36.4 Å². The normalized spacial score (nSPS) is 11.0. The van der Waals surface area contributed by atoms with Crippen molar-refractivity contribution in [3.05, 3.63) is 109 Å². The molecule has 0 heterocycles. The van der Waals surface area contributed by atoms with Crippen molar-refractivity contribution in [1.29, 1.82) is 0 Å². The molecule has 0 fully saturated rings. The fraction of sp³-hybridized carbons (Fsp3) is 0. The van der Waals surface area contributed by atoms with Crippen LogP contribution in [0.25, 0.3) is 22.3 Å². The topological polar surface area (TPSA) is 52.6 Å². The second-order valence-corrected chi connectivity index (χ2v) is 7.45. The van der Waals surface area contributed by atoms with Crippen LogP contribution < -0.4 is 8.37 Å². The second kappa shape index (κ2) is 8.20. The molecule has 0 unspecified atom stereocenters. The van der Waals surface area contributed by atoms with Crippen LogP contribution in [-0.2, 0) is 10.4 Å². The van der Waals surface area contributed by atoms with Gasteiger partial charge in [-0.25, -0.2) is 0 Å². The molecule has 0 aliphatic rings. The molecule has 4 aromatic carbocycles. The average Bonchev–Trinajstić information content (AvgIpc) is 2.75. The van der Waals surface area contributed by atoms with Gasteiger partial charge in [-0.1, -0.05) is 97.1 Å². The van der Waals surface area contributed by atoms with Crippen LogP contribution in [-0.4, -0.2) is 8.42 Å². The van der Waals surface area contributed by atoms with E-state index in [0.29, 0.717) is 11.1 Å². The van der Waals surface area contributed by atoms with Gasteiger partial charge in [0, 0.05) is 11.1 Å². The number of para-hydroxylation sites is 2. The average molecular weight is 402 g/mol. The Kier molecular flexibility index (Phi) is 5.31. The summed E-state index contributed by atoms with van der Waals surface area (Å²) < 4.78 is 36.0. The monoisotopic (exact) mass is 402 g/mol. The van der Waals surface area contributed by atoms with Crippen molar-refractivity contribution in [3.63, 3.8) is 0 Å². The van der Waals surface area contributed by atoms with E-state index in [1.807, 2.05) is 72.8 Å². The molecule has 5 heteroatoms. The summed E-state index contributed by atoms with van der Waals surface area (Å²) in [6, 6.07) is 32.8. The maximum Gasteiger partial charge on any atom is 0.501 e. The van der Waals surface area contributed by atoms with Crippen LogP contribution in [0.15, 0.2) is 109 Å². The van der Waals surface area contributed by atoms with E-state index < -0.39 is 10.4 Å². The molecule has 0 aliphatic carbocycles. The van der Waals surface area contributed by atoms with E-state index in [9.17, 15) is 8.42 Å². The molecule has 0 N–H and O–H groups in total. The molecule has 0 atom stereocenters. The maximum atomic E-state index is 12.7. The van der Waals surface area contributed by atoms with Crippen LogP contribution in [0.4, 0.5) is 0 Å². The number of benzene rings is 4. The van der Waals surface area contributed by atoms with Gasteiger partial charge in [-0.3, -0.25) is 0 Å². The molecule has 4 aromatic rings. The summed E-state index contributed by atoms with van der Waals surface area (Å²) in [5.41, 5.74) is 3.03. The number of hydrogen-bond donors (Lipinski definition) is 0. The Labute approximate surface area is 170 Å². The van der Waals surface area contributed by atoms with Gasteiger partial charge in [0.1, 0.15) is 0 Å².